The quantitative estimate of drug-likeness (QED) is 0.798. The van der Waals surface area contributed by atoms with Crippen molar-refractivity contribution >= 4 is 0 Å². The third-order valence-electron chi connectivity index (χ3n) is 3.53. The molecule has 2 aliphatic rings. The van der Waals surface area contributed by atoms with E-state index in [1.807, 2.05) is 0 Å². The maximum Gasteiger partial charge on any atom is 0.204 e. The molecule has 2 saturated carbocycles. The van der Waals surface area contributed by atoms with Crippen molar-refractivity contribution in [3.05, 3.63) is 23.8 Å². The summed E-state index contributed by atoms with van der Waals surface area (Å²) in [7, 11) is 0. The van der Waals surface area contributed by atoms with Crippen LogP contribution in [0.25, 0.3) is 0 Å². The zero-order valence-corrected chi connectivity index (χ0v) is 10.1. The molecule has 0 aromatic heterocycles. The highest BCUT2D eigenvalue weighted by molar-refractivity contribution is 5.35. The highest BCUT2D eigenvalue weighted by Gasteiger charge is 2.25. The van der Waals surface area contributed by atoms with Crippen molar-refractivity contribution in [2.45, 2.75) is 38.2 Å². The van der Waals surface area contributed by atoms with Gasteiger partial charge in [-0.25, -0.2) is 0 Å². The summed E-state index contributed by atoms with van der Waals surface area (Å²) < 4.78 is 38.1. The molecular weight excluding hydrogens is 238 g/mol. The van der Waals surface area contributed by atoms with E-state index in [9.17, 15) is 8.78 Å². The molecule has 2 nitrogen and oxygen atoms in total. The van der Waals surface area contributed by atoms with Gasteiger partial charge in [0.25, 0.3) is 0 Å². The Morgan fingerprint density at radius 1 is 1.00 bits per heavy atom. The maximum atomic E-state index is 13.7. The minimum absolute atomic E-state index is 0.00373. The largest absolute Gasteiger partial charge is 0.490 e. The van der Waals surface area contributed by atoms with E-state index in [1.165, 1.54) is 12.1 Å². The lowest BCUT2D eigenvalue weighted by atomic mass is 9.96. The molecule has 0 amide bonds. The van der Waals surface area contributed by atoms with Gasteiger partial charge in [0, 0.05) is 0 Å². The molecule has 0 heterocycles. The zero-order chi connectivity index (χ0) is 12.5. The minimum Gasteiger partial charge on any atom is -0.490 e. The summed E-state index contributed by atoms with van der Waals surface area (Å²) in [4.78, 5) is 0. The summed E-state index contributed by atoms with van der Waals surface area (Å²) in [6, 6.07) is 2.91. The Hall–Kier alpha value is -1.32. The number of hydrogen-bond acceptors (Lipinski definition) is 2. The normalized spacial score (nSPS) is 19.4. The number of benzene rings is 1. The number of hydrogen-bond donors (Lipinski definition) is 0. The van der Waals surface area contributed by atoms with E-state index >= 15 is 0 Å². The van der Waals surface area contributed by atoms with Gasteiger partial charge in [0.15, 0.2) is 11.5 Å². The first-order valence-electron chi connectivity index (χ1n) is 6.51. The Morgan fingerprint density at radius 2 is 1.67 bits per heavy atom. The van der Waals surface area contributed by atoms with Crippen molar-refractivity contribution in [2.75, 3.05) is 6.61 Å². The second-order valence-electron chi connectivity index (χ2n) is 5.11. The Balaban J connectivity index is 1.69. The van der Waals surface area contributed by atoms with E-state index < -0.39 is 11.6 Å². The Morgan fingerprint density at radius 3 is 2.28 bits per heavy atom. The van der Waals surface area contributed by atoms with Crippen LogP contribution in [0, 0.1) is 17.6 Å². The monoisotopic (exact) mass is 254 g/mol. The molecule has 2 fully saturated rings. The molecule has 2 aliphatic carbocycles. The first kappa shape index (κ1) is 11.8. The van der Waals surface area contributed by atoms with E-state index in [-0.39, 0.29) is 17.6 Å². The molecular formula is C14H16F2O2. The van der Waals surface area contributed by atoms with Crippen LogP contribution in [-0.4, -0.2) is 12.7 Å². The highest BCUT2D eigenvalue weighted by Crippen LogP contribution is 2.33. The first-order valence-corrected chi connectivity index (χ1v) is 6.51. The standard InChI is InChI=1S/C14H16F2O2/c15-13-11(17-8-9-4-5-9)6-7-12(14(13)16)18-10-2-1-3-10/h6-7,9-10H,1-5,8H2. The van der Waals surface area contributed by atoms with Crippen LogP contribution in [0.4, 0.5) is 8.78 Å². The van der Waals surface area contributed by atoms with Crippen LogP contribution < -0.4 is 9.47 Å². The summed E-state index contributed by atoms with van der Waals surface area (Å²) >= 11 is 0. The molecule has 0 radical (unpaired) electrons. The average Bonchev–Trinajstić information content (AvgIpc) is 3.11. The number of ether oxygens (including phenoxy) is 2. The lowest BCUT2D eigenvalue weighted by Gasteiger charge is -2.26. The van der Waals surface area contributed by atoms with Gasteiger partial charge in [-0.2, -0.15) is 8.78 Å². The average molecular weight is 254 g/mol. The highest BCUT2D eigenvalue weighted by atomic mass is 19.2. The predicted octanol–water partition coefficient (Wildman–Crippen LogP) is 3.68. The van der Waals surface area contributed by atoms with Crippen molar-refractivity contribution in [1.29, 1.82) is 0 Å². The Kier molecular flexibility index (Phi) is 3.10. The van der Waals surface area contributed by atoms with Crippen LogP contribution >= 0.6 is 0 Å². The van der Waals surface area contributed by atoms with Crippen LogP contribution in [0.15, 0.2) is 12.1 Å². The fourth-order valence-corrected chi connectivity index (χ4v) is 1.88. The SMILES string of the molecule is Fc1c(OCC2CC2)ccc(OC2CCC2)c1F. The molecule has 0 unspecified atom stereocenters. The van der Waals surface area contributed by atoms with Gasteiger partial charge in [0.05, 0.1) is 12.7 Å². The summed E-state index contributed by atoms with van der Waals surface area (Å²) in [5.74, 6) is -1.38. The van der Waals surface area contributed by atoms with E-state index in [4.69, 9.17) is 9.47 Å². The molecule has 0 bridgehead atoms. The fraction of sp³-hybridized carbons (Fsp3) is 0.571. The molecule has 4 heteroatoms. The molecule has 0 saturated heterocycles. The van der Waals surface area contributed by atoms with Gasteiger partial charge in [0.2, 0.25) is 11.6 Å². The summed E-state index contributed by atoms with van der Waals surface area (Å²) in [6.07, 6.45) is 5.20. The van der Waals surface area contributed by atoms with Crippen molar-refractivity contribution < 1.29 is 18.3 Å². The van der Waals surface area contributed by atoms with E-state index in [0.717, 1.165) is 32.1 Å². The first-order chi connectivity index (χ1) is 8.74. The fourth-order valence-electron chi connectivity index (χ4n) is 1.88. The topological polar surface area (TPSA) is 18.5 Å². The molecule has 98 valence electrons. The molecule has 1 aromatic carbocycles. The third kappa shape index (κ3) is 2.42. The second kappa shape index (κ2) is 4.75. The van der Waals surface area contributed by atoms with Gasteiger partial charge < -0.3 is 9.47 Å². The van der Waals surface area contributed by atoms with Crippen molar-refractivity contribution in [3.8, 4) is 11.5 Å². The van der Waals surface area contributed by atoms with Gasteiger partial charge in [0.1, 0.15) is 0 Å². The predicted molar refractivity (Wildman–Crippen MR) is 62.8 cm³/mol. The summed E-state index contributed by atoms with van der Waals surface area (Å²) in [5, 5.41) is 0. The second-order valence-corrected chi connectivity index (χ2v) is 5.11. The van der Waals surface area contributed by atoms with Crippen LogP contribution in [0.3, 0.4) is 0 Å². The summed E-state index contributed by atoms with van der Waals surface area (Å²) in [5.41, 5.74) is 0. The maximum absolute atomic E-state index is 13.7. The number of rotatable bonds is 5. The van der Waals surface area contributed by atoms with Gasteiger partial charge in [-0.15, -0.1) is 0 Å². The van der Waals surface area contributed by atoms with Gasteiger partial charge in [-0.1, -0.05) is 0 Å². The molecule has 0 N–H and O–H groups in total. The van der Waals surface area contributed by atoms with Crippen molar-refractivity contribution in [2.24, 2.45) is 5.92 Å². The van der Waals surface area contributed by atoms with Crippen molar-refractivity contribution in [3.63, 3.8) is 0 Å². The third-order valence-corrected chi connectivity index (χ3v) is 3.53. The Bertz CT molecular complexity index is 440. The molecule has 0 aliphatic heterocycles. The smallest absolute Gasteiger partial charge is 0.204 e. The van der Waals surface area contributed by atoms with E-state index in [1.54, 1.807) is 0 Å². The summed E-state index contributed by atoms with van der Waals surface area (Å²) in [6.45, 7) is 0.471. The van der Waals surface area contributed by atoms with Crippen molar-refractivity contribution in [1.82, 2.24) is 0 Å². The van der Waals surface area contributed by atoms with Gasteiger partial charge in [-0.3, -0.25) is 0 Å². The van der Waals surface area contributed by atoms with Crippen LogP contribution in [-0.2, 0) is 0 Å². The van der Waals surface area contributed by atoms with Crippen LogP contribution in [0.5, 0.6) is 11.5 Å². The lowest BCUT2D eigenvalue weighted by Crippen LogP contribution is -2.25. The van der Waals surface area contributed by atoms with E-state index in [2.05, 4.69) is 0 Å². The zero-order valence-electron chi connectivity index (χ0n) is 10.1. The molecule has 0 spiro atoms. The molecule has 3 rings (SSSR count). The molecule has 1 aromatic rings. The molecule has 18 heavy (non-hydrogen) atoms. The number of halogens is 2. The van der Waals surface area contributed by atoms with E-state index in [0.29, 0.717) is 12.5 Å². The molecule has 0 atom stereocenters. The lowest BCUT2D eigenvalue weighted by molar-refractivity contribution is 0.113. The van der Waals surface area contributed by atoms with Gasteiger partial charge >= 0.3 is 0 Å². The minimum atomic E-state index is -0.938. The van der Waals surface area contributed by atoms with Crippen LogP contribution in [0.2, 0.25) is 0 Å². The Labute approximate surface area is 105 Å². The van der Waals surface area contributed by atoms with Gasteiger partial charge in [-0.05, 0) is 50.2 Å². The van der Waals surface area contributed by atoms with Crippen LogP contribution in [0.1, 0.15) is 32.1 Å².